The molecular weight excluding hydrogens is 647 g/mol. The standard InChI is InChI=1S/C25H19Br2IN2O2/c1-16(19-5-3-2-4-6-19)30-25(31)20(14-29)11-18-12-22(26)24(23(27)13-18)32-15-17-7-9-21(28)10-8-17/h2-13,16H,15H2,1H3,(H,30,31)/b20-11-/t16-/m0/s1. The largest absolute Gasteiger partial charge is 0.487 e. The number of hydrogen-bond donors (Lipinski definition) is 1. The number of nitrogens with zero attached hydrogens (tertiary/aromatic N) is 1. The Bertz CT molecular complexity index is 1150. The number of halogens is 3. The lowest BCUT2D eigenvalue weighted by Crippen LogP contribution is -2.27. The monoisotopic (exact) mass is 664 g/mol. The number of rotatable bonds is 7. The molecule has 1 N–H and O–H groups in total. The van der Waals surface area contributed by atoms with Crippen molar-refractivity contribution in [2.45, 2.75) is 19.6 Å². The molecule has 0 aromatic heterocycles. The summed E-state index contributed by atoms with van der Waals surface area (Å²) in [6.45, 7) is 2.31. The molecule has 1 atom stereocenters. The first-order valence-corrected chi connectivity index (χ1v) is 12.4. The summed E-state index contributed by atoms with van der Waals surface area (Å²) in [5, 5.41) is 12.4. The number of amides is 1. The van der Waals surface area contributed by atoms with Gasteiger partial charge in [0.25, 0.3) is 5.91 Å². The van der Waals surface area contributed by atoms with E-state index in [0.717, 1.165) is 20.1 Å². The molecule has 0 unspecified atom stereocenters. The van der Waals surface area contributed by atoms with E-state index in [1.54, 1.807) is 6.08 Å². The normalized spacial score (nSPS) is 12.0. The van der Waals surface area contributed by atoms with Gasteiger partial charge < -0.3 is 10.1 Å². The van der Waals surface area contributed by atoms with Crippen molar-refractivity contribution >= 4 is 66.4 Å². The molecule has 0 saturated heterocycles. The molecule has 0 saturated carbocycles. The van der Waals surface area contributed by atoms with Gasteiger partial charge >= 0.3 is 0 Å². The van der Waals surface area contributed by atoms with Crippen LogP contribution in [-0.4, -0.2) is 5.91 Å². The highest BCUT2D eigenvalue weighted by molar-refractivity contribution is 14.1. The Morgan fingerprint density at radius 1 is 1.12 bits per heavy atom. The molecule has 7 heteroatoms. The van der Waals surface area contributed by atoms with Crippen LogP contribution in [0.3, 0.4) is 0 Å². The summed E-state index contributed by atoms with van der Waals surface area (Å²) in [7, 11) is 0. The van der Waals surface area contributed by atoms with Crippen LogP contribution in [0.25, 0.3) is 6.08 Å². The second-order valence-corrected chi connectivity index (χ2v) is 9.96. The Kier molecular flexibility index (Phi) is 8.91. The van der Waals surface area contributed by atoms with E-state index < -0.39 is 5.91 Å². The first-order chi connectivity index (χ1) is 15.4. The van der Waals surface area contributed by atoms with Gasteiger partial charge in [0.15, 0.2) is 0 Å². The van der Waals surface area contributed by atoms with Crippen LogP contribution in [0.4, 0.5) is 0 Å². The van der Waals surface area contributed by atoms with Gasteiger partial charge in [0.1, 0.15) is 24.0 Å². The molecule has 1 amide bonds. The number of nitriles is 1. The van der Waals surface area contributed by atoms with Crippen LogP contribution in [0.2, 0.25) is 0 Å². The van der Waals surface area contributed by atoms with E-state index >= 15 is 0 Å². The minimum Gasteiger partial charge on any atom is -0.487 e. The zero-order chi connectivity index (χ0) is 23.1. The van der Waals surface area contributed by atoms with Crippen LogP contribution in [0.1, 0.15) is 29.7 Å². The Hall–Kier alpha value is -2.15. The molecule has 0 heterocycles. The average molecular weight is 666 g/mol. The van der Waals surface area contributed by atoms with Crippen LogP contribution < -0.4 is 10.1 Å². The van der Waals surface area contributed by atoms with E-state index in [4.69, 9.17) is 4.74 Å². The average Bonchev–Trinajstić information content (AvgIpc) is 2.78. The van der Waals surface area contributed by atoms with Gasteiger partial charge in [0, 0.05) is 3.57 Å². The summed E-state index contributed by atoms with van der Waals surface area (Å²) in [6.07, 6.45) is 1.56. The topological polar surface area (TPSA) is 62.1 Å². The number of ether oxygens (including phenoxy) is 1. The maximum Gasteiger partial charge on any atom is 0.262 e. The van der Waals surface area contributed by atoms with Gasteiger partial charge in [-0.2, -0.15) is 5.26 Å². The van der Waals surface area contributed by atoms with Gasteiger partial charge in [-0.1, -0.05) is 42.5 Å². The third-order valence-corrected chi connectivity index (χ3v) is 6.54. The van der Waals surface area contributed by atoms with Crippen molar-refractivity contribution in [1.82, 2.24) is 5.32 Å². The van der Waals surface area contributed by atoms with Gasteiger partial charge in [0.05, 0.1) is 15.0 Å². The van der Waals surface area contributed by atoms with E-state index in [1.807, 2.05) is 79.7 Å². The van der Waals surface area contributed by atoms with Crippen molar-refractivity contribution in [2.75, 3.05) is 0 Å². The highest BCUT2D eigenvalue weighted by atomic mass is 127. The van der Waals surface area contributed by atoms with Crippen molar-refractivity contribution in [2.24, 2.45) is 0 Å². The Labute approximate surface area is 218 Å². The van der Waals surface area contributed by atoms with Crippen molar-refractivity contribution in [3.8, 4) is 11.8 Å². The second kappa shape index (κ2) is 11.6. The summed E-state index contributed by atoms with van der Waals surface area (Å²) in [5.41, 5.74) is 2.76. The first-order valence-electron chi connectivity index (χ1n) is 9.71. The van der Waals surface area contributed by atoms with E-state index in [1.165, 1.54) is 3.57 Å². The minimum absolute atomic E-state index is 0.0270. The molecule has 0 fully saturated rings. The molecule has 162 valence electrons. The number of carbonyl (C=O) groups is 1. The molecule has 3 aromatic carbocycles. The van der Waals surface area contributed by atoms with Crippen LogP contribution in [0, 0.1) is 14.9 Å². The van der Waals surface area contributed by atoms with Gasteiger partial charge in [-0.3, -0.25) is 4.79 Å². The van der Waals surface area contributed by atoms with Crippen LogP contribution in [-0.2, 0) is 11.4 Å². The lowest BCUT2D eigenvalue weighted by atomic mass is 10.1. The van der Waals surface area contributed by atoms with Crippen LogP contribution >= 0.6 is 54.5 Å². The second-order valence-electron chi connectivity index (χ2n) is 7.00. The lowest BCUT2D eigenvalue weighted by Gasteiger charge is -2.14. The summed E-state index contributed by atoms with van der Waals surface area (Å²) in [5.74, 6) is 0.233. The first kappa shape index (κ1) is 24.5. The molecule has 0 radical (unpaired) electrons. The fraction of sp³-hybridized carbons (Fsp3) is 0.120. The summed E-state index contributed by atoms with van der Waals surface area (Å²) in [6, 6.07) is 23.1. The van der Waals surface area contributed by atoms with E-state index in [2.05, 4.69) is 59.8 Å². The Morgan fingerprint density at radius 3 is 2.34 bits per heavy atom. The predicted octanol–water partition coefficient (Wildman–Crippen LogP) is 7.18. The highest BCUT2D eigenvalue weighted by Gasteiger charge is 2.15. The number of hydrogen-bond acceptors (Lipinski definition) is 3. The van der Waals surface area contributed by atoms with E-state index in [9.17, 15) is 10.1 Å². The smallest absolute Gasteiger partial charge is 0.262 e. The zero-order valence-corrected chi connectivity index (χ0v) is 22.4. The molecule has 3 rings (SSSR count). The molecule has 4 nitrogen and oxygen atoms in total. The molecule has 0 spiro atoms. The van der Waals surface area contributed by atoms with E-state index in [-0.39, 0.29) is 11.6 Å². The minimum atomic E-state index is -0.421. The van der Waals surface area contributed by atoms with Crippen molar-refractivity contribution < 1.29 is 9.53 Å². The third-order valence-electron chi connectivity index (χ3n) is 4.64. The zero-order valence-electron chi connectivity index (χ0n) is 17.1. The molecular formula is C25H19Br2IN2O2. The number of carbonyl (C=O) groups excluding carboxylic acids is 1. The molecule has 3 aromatic rings. The predicted molar refractivity (Wildman–Crippen MR) is 142 cm³/mol. The Morgan fingerprint density at radius 2 is 1.75 bits per heavy atom. The third kappa shape index (κ3) is 6.67. The SMILES string of the molecule is C[C@H](NC(=O)/C(C#N)=C\c1cc(Br)c(OCc2ccc(I)cc2)c(Br)c1)c1ccccc1. The molecule has 0 bridgehead atoms. The molecule has 0 aliphatic heterocycles. The molecule has 0 aliphatic rings. The molecule has 0 aliphatic carbocycles. The number of nitrogens with one attached hydrogen (secondary N) is 1. The maximum absolute atomic E-state index is 12.6. The van der Waals surface area contributed by atoms with Gasteiger partial charge in [-0.25, -0.2) is 0 Å². The highest BCUT2D eigenvalue weighted by Crippen LogP contribution is 2.36. The van der Waals surface area contributed by atoms with Crippen LogP contribution in [0.15, 0.2) is 81.2 Å². The van der Waals surface area contributed by atoms with Crippen molar-refractivity contribution in [1.29, 1.82) is 5.26 Å². The fourth-order valence-electron chi connectivity index (χ4n) is 2.95. The summed E-state index contributed by atoms with van der Waals surface area (Å²) in [4.78, 5) is 12.6. The van der Waals surface area contributed by atoms with Gasteiger partial charge in [-0.15, -0.1) is 0 Å². The molecule has 32 heavy (non-hydrogen) atoms. The van der Waals surface area contributed by atoms with Gasteiger partial charge in [0.2, 0.25) is 0 Å². The Balaban J connectivity index is 1.74. The van der Waals surface area contributed by atoms with Crippen molar-refractivity contribution in [3.63, 3.8) is 0 Å². The van der Waals surface area contributed by atoms with Gasteiger partial charge in [-0.05, 0) is 108 Å². The van der Waals surface area contributed by atoms with Crippen molar-refractivity contribution in [3.05, 3.63) is 102 Å². The lowest BCUT2D eigenvalue weighted by molar-refractivity contribution is -0.117. The maximum atomic E-state index is 12.6. The van der Waals surface area contributed by atoms with E-state index in [0.29, 0.717) is 17.9 Å². The fourth-order valence-corrected chi connectivity index (χ4v) is 4.76. The summed E-state index contributed by atoms with van der Waals surface area (Å²) >= 11 is 9.33. The summed E-state index contributed by atoms with van der Waals surface area (Å²) < 4.78 is 8.58. The van der Waals surface area contributed by atoms with Crippen LogP contribution in [0.5, 0.6) is 5.75 Å². The number of benzene rings is 3. The quantitative estimate of drug-likeness (QED) is 0.165.